The summed E-state index contributed by atoms with van der Waals surface area (Å²) in [6, 6.07) is -1.06. The van der Waals surface area contributed by atoms with Crippen LogP contribution in [0.4, 0.5) is 4.79 Å². The molecule has 0 aromatic heterocycles. The maximum absolute atomic E-state index is 11.9. The summed E-state index contributed by atoms with van der Waals surface area (Å²) in [5.74, 6) is -0.961. The van der Waals surface area contributed by atoms with Crippen LogP contribution in [0, 0.1) is 0 Å². The lowest BCUT2D eigenvalue weighted by Crippen LogP contribution is -2.46. The number of carbonyl (C=O) groups is 3. The third-order valence-electron chi connectivity index (χ3n) is 2.75. The number of esters is 1. The summed E-state index contributed by atoms with van der Waals surface area (Å²) in [5.41, 5.74) is -0.689. The lowest BCUT2D eigenvalue weighted by Gasteiger charge is -2.22. The summed E-state index contributed by atoms with van der Waals surface area (Å²) in [5, 5.41) is 5.12. The maximum Gasteiger partial charge on any atom is 0.408 e. The topological polar surface area (TPSA) is 93.7 Å². The van der Waals surface area contributed by atoms with E-state index in [0.717, 1.165) is 19.3 Å². The Bertz CT molecular complexity index is 390. The smallest absolute Gasteiger partial charge is 0.408 e. The zero-order valence-electron chi connectivity index (χ0n) is 14.9. The minimum Gasteiger partial charge on any atom is -0.464 e. The first-order chi connectivity index (χ1) is 10.7. The lowest BCUT2D eigenvalue weighted by atomic mass is 10.2. The van der Waals surface area contributed by atoms with Crippen LogP contribution < -0.4 is 10.6 Å². The Morgan fingerprint density at radius 3 is 2.26 bits per heavy atom. The van der Waals surface area contributed by atoms with E-state index in [1.54, 1.807) is 27.7 Å². The molecule has 2 N–H and O–H groups in total. The molecule has 134 valence electrons. The summed E-state index contributed by atoms with van der Waals surface area (Å²) in [6.45, 7) is 9.60. The highest BCUT2D eigenvalue weighted by molar-refractivity contribution is 5.88. The molecule has 2 amide bonds. The quantitative estimate of drug-likeness (QED) is 0.499. The SMILES string of the molecule is CCCCCNC(=O)C[C@H](NC(=O)OC(C)(C)C)C(=O)OCC. The molecule has 0 unspecified atom stereocenters. The van der Waals surface area contributed by atoms with E-state index < -0.39 is 23.7 Å². The van der Waals surface area contributed by atoms with Crippen molar-refractivity contribution in [2.75, 3.05) is 13.2 Å². The van der Waals surface area contributed by atoms with Crippen LogP contribution in [0.2, 0.25) is 0 Å². The van der Waals surface area contributed by atoms with Crippen molar-refractivity contribution in [2.24, 2.45) is 0 Å². The largest absolute Gasteiger partial charge is 0.464 e. The highest BCUT2D eigenvalue weighted by Crippen LogP contribution is 2.07. The fourth-order valence-corrected chi connectivity index (χ4v) is 1.75. The Hall–Kier alpha value is -1.79. The van der Waals surface area contributed by atoms with E-state index in [-0.39, 0.29) is 18.9 Å². The fraction of sp³-hybridized carbons (Fsp3) is 0.812. The number of rotatable bonds is 9. The predicted octanol–water partition coefficient (Wildman–Crippen LogP) is 2.14. The average molecular weight is 330 g/mol. The molecule has 0 saturated carbocycles. The van der Waals surface area contributed by atoms with Gasteiger partial charge in [0.15, 0.2) is 0 Å². The monoisotopic (exact) mass is 330 g/mol. The Kier molecular flexibility index (Phi) is 10.0. The number of hydrogen-bond donors (Lipinski definition) is 2. The summed E-state index contributed by atoms with van der Waals surface area (Å²) in [4.78, 5) is 35.6. The predicted molar refractivity (Wildman–Crippen MR) is 86.9 cm³/mol. The molecular weight excluding hydrogens is 300 g/mol. The molecule has 0 aliphatic carbocycles. The summed E-state index contributed by atoms with van der Waals surface area (Å²) >= 11 is 0. The van der Waals surface area contributed by atoms with Crippen molar-refractivity contribution >= 4 is 18.0 Å². The number of alkyl carbamates (subject to hydrolysis) is 1. The molecule has 0 rings (SSSR count). The second-order valence-corrected chi connectivity index (χ2v) is 6.21. The van der Waals surface area contributed by atoms with Gasteiger partial charge in [0, 0.05) is 6.54 Å². The molecule has 0 bridgehead atoms. The van der Waals surface area contributed by atoms with Gasteiger partial charge in [-0.3, -0.25) is 4.79 Å². The molecule has 1 atom stereocenters. The Balaban J connectivity index is 4.54. The zero-order chi connectivity index (χ0) is 17.9. The molecule has 0 aliphatic heterocycles. The van der Waals surface area contributed by atoms with Crippen LogP contribution in [-0.2, 0) is 19.1 Å². The normalized spacial score (nSPS) is 12.2. The first-order valence-electron chi connectivity index (χ1n) is 8.12. The molecule has 0 saturated heterocycles. The minimum absolute atomic E-state index is 0.170. The van der Waals surface area contributed by atoms with E-state index in [0.29, 0.717) is 6.54 Å². The number of nitrogens with one attached hydrogen (secondary N) is 2. The Morgan fingerprint density at radius 2 is 1.74 bits per heavy atom. The molecule has 7 nitrogen and oxygen atoms in total. The van der Waals surface area contributed by atoms with Crippen molar-refractivity contribution in [3.63, 3.8) is 0 Å². The molecule has 7 heteroatoms. The van der Waals surface area contributed by atoms with Crippen LogP contribution in [0.15, 0.2) is 0 Å². The second-order valence-electron chi connectivity index (χ2n) is 6.21. The first kappa shape index (κ1) is 21.2. The van der Waals surface area contributed by atoms with E-state index in [1.165, 1.54) is 0 Å². The van der Waals surface area contributed by atoms with Crippen molar-refractivity contribution < 1.29 is 23.9 Å². The number of carbonyl (C=O) groups excluding carboxylic acids is 3. The molecule has 0 aromatic rings. The molecule has 0 fully saturated rings. The van der Waals surface area contributed by atoms with Crippen LogP contribution in [0.25, 0.3) is 0 Å². The van der Waals surface area contributed by atoms with Crippen LogP contribution in [0.3, 0.4) is 0 Å². The van der Waals surface area contributed by atoms with Crippen molar-refractivity contribution in [3.8, 4) is 0 Å². The van der Waals surface area contributed by atoms with Gasteiger partial charge in [-0.15, -0.1) is 0 Å². The van der Waals surface area contributed by atoms with Gasteiger partial charge in [-0.05, 0) is 34.1 Å². The lowest BCUT2D eigenvalue weighted by molar-refractivity contribution is -0.147. The van der Waals surface area contributed by atoms with Gasteiger partial charge in [-0.25, -0.2) is 9.59 Å². The second kappa shape index (κ2) is 10.9. The standard InChI is InChI=1S/C16H30N2O5/c1-6-8-9-10-17-13(19)11-12(14(20)22-7-2)18-15(21)23-16(3,4)5/h12H,6-11H2,1-5H3,(H,17,19)(H,18,21)/t12-/m0/s1. The molecule has 0 spiro atoms. The third kappa shape index (κ3) is 11.4. The number of amides is 2. The van der Waals surface area contributed by atoms with Gasteiger partial charge >= 0.3 is 12.1 Å². The van der Waals surface area contributed by atoms with E-state index in [4.69, 9.17) is 9.47 Å². The number of unbranched alkanes of at least 4 members (excludes halogenated alkanes) is 2. The molecule has 23 heavy (non-hydrogen) atoms. The van der Waals surface area contributed by atoms with E-state index in [1.807, 2.05) is 0 Å². The maximum atomic E-state index is 11.9. The van der Waals surface area contributed by atoms with Crippen molar-refractivity contribution in [1.82, 2.24) is 10.6 Å². The van der Waals surface area contributed by atoms with Gasteiger partial charge in [-0.2, -0.15) is 0 Å². The molecule has 0 radical (unpaired) electrons. The van der Waals surface area contributed by atoms with Gasteiger partial charge in [-0.1, -0.05) is 19.8 Å². The fourth-order valence-electron chi connectivity index (χ4n) is 1.75. The van der Waals surface area contributed by atoms with Crippen molar-refractivity contribution in [2.45, 2.75) is 71.9 Å². The molecule has 0 heterocycles. The highest BCUT2D eigenvalue weighted by atomic mass is 16.6. The van der Waals surface area contributed by atoms with Gasteiger partial charge in [0.1, 0.15) is 11.6 Å². The first-order valence-corrected chi connectivity index (χ1v) is 8.12. The summed E-state index contributed by atoms with van der Waals surface area (Å²) in [6.07, 6.45) is 2.03. The highest BCUT2D eigenvalue weighted by Gasteiger charge is 2.27. The molecule has 0 aromatic carbocycles. The van der Waals surface area contributed by atoms with E-state index >= 15 is 0 Å². The Labute approximate surface area is 138 Å². The van der Waals surface area contributed by atoms with Gasteiger partial charge in [0.2, 0.25) is 5.91 Å². The van der Waals surface area contributed by atoms with Gasteiger partial charge in [0.05, 0.1) is 13.0 Å². The van der Waals surface area contributed by atoms with Crippen LogP contribution in [0.5, 0.6) is 0 Å². The van der Waals surface area contributed by atoms with Crippen molar-refractivity contribution in [1.29, 1.82) is 0 Å². The zero-order valence-corrected chi connectivity index (χ0v) is 14.9. The van der Waals surface area contributed by atoms with Gasteiger partial charge < -0.3 is 20.1 Å². The summed E-state index contributed by atoms with van der Waals surface area (Å²) in [7, 11) is 0. The van der Waals surface area contributed by atoms with E-state index in [9.17, 15) is 14.4 Å². The van der Waals surface area contributed by atoms with Crippen molar-refractivity contribution in [3.05, 3.63) is 0 Å². The van der Waals surface area contributed by atoms with Gasteiger partial charge in [0.25, 0.3) is 0 Å². The Morgan fingerprint density at radius 1 is 1.09 bits per heavy atom. The average Bonchev–Trinajstić information content (AvgIpc) is 2.41. The summed E-state index contributed by atoms with van der Waals surface area (Å²) < 4.78 is 9.99. The molecular formula is C16H30N2O5. The van der Waals surface area contributed by atoms with Crippen LogP contribution in [0.1, 0.15) is 60.3 Å². The molecule has 0 aliphatic rings. The third-order valence-corrected chi connectivity index (χ3v) is 2.75. The van der Waals surface area contributed by atoms with Crippen LogP contribution >= 0.6 is 0 Å². The van der Waals surface area contributed by atoms with Crippen LogP contribution in [-0.4, -0.2) is 42.8 Å². The minimum atomic E-state index is -1.06. The van der Waals surface area contributed by atoms with E-state index in [2.05, 4.69) is 17.6 Å². The number of hydrogen-bond acceptors (Lipinski definition) is 5. The number of ether oxygens (including phenoxy) is 2.